The molecule has 0 radical (unpaired) electrons. The summed E-state index contributed by atoms with van der Waals surface area (Å²) in [7, 11) is 1.80. The van der Waals surface area contributed by atoms with Crippen LogP contribution >= 0.6 is 0 Å². The third-order valence-corrected chi connectivity index (χ3v) is 8.33. The van der Waals surface area contributed by atoms with Crippen molar-refractivity contribution in [3.8, 4) is 0 Å². The second kappa shape index (κ2) is 11.0. The Balaban J connectivity index is 1.38. The lowest BCUT2D eigenvalue weighted by Gasteiger charge is -2.29. The van der Waals surface area contributed by atoms with Crippen LogP contribution in [0, 0.1) is 0 Å². The Bertz CT molecular complexity index is 1510. The van der Waals surface area contributed by atoms with Gasteiger partial charge < -0.3 is 26.0 Å². The highest BCUT2D eigenvalue weighted by atomic mass is 16.4. The number of nitrogens with zero attached hydrogens (tertiary/aromatic N) is 1. The summed E-state index contributed by atoms with van der Waals surface area (Å²) >= 11 is 0. The number of carbonyl (C=O) groups excluding carboxylic acids is 3. The molecule has 1 heterocycles. The molecule has 0 aliphatic heterocycles. The summed E-state index contributed by atoms with van der Waals surface area (Å²) in [5, 5.41) is 15.7. The number of hydrogen-bond donors (Lipinski definition) is 4. The monoisotopic (exact) mass is 542 g/mol. The number of carbonyl (C=O) groups is 4. The fourth-order valence-corrected chi connectivity index (χ4v) is 6.31. The second-order valence-corrected chi connectivity index (χ2v) is 10.9. The highest BCUT2D eigenvalue weighted by molar-refractivity contribution is 6.07. The molecule has 3 aromatic rings. The SMILES string of the molecule is Cn1c(C(N)=O)c(C2CCCC2)c2ccc(C(=O)NC3(C(=O)Nc4ccc(/C=C/C(=O)O)cc4)CCCC3)cc21. The van der Waals surface area contributed by atoms with Crippen LogP contribution in [0.2, 0.25) is 0 Å². The molecule has 9 heteroatoms. The summed E-state index contributed by atoms with van der Waals surface area (Å²) in [6.45, 7) is 0. The molecule has 1 aromatic heterocycles. The highest BCUT2D eigenvalue weighted by Gasteiger charge is 2.42. The number of carboxylic acid groups (broad SMARTS) is 1. The number of amides is 3. The molecule has 2 aromatic carbocycles. The van der Waals surface area contributed by atoms with Crippen molar-refractivity contribution in [3.05, 3.63) is 70.9 Å². The molecule has 0 unspecified atom stereocenters. The van der Waals surface area contributed by atoms with Gasteiger partial charge in [0.25, 0.3) is 11.8 Å². The molecule has 40 heavy (non-hydrogen) atoms. The van der Waals surface area contributed by atoms with Crippen LogP contribution < -0.4 is 16.4 Å². The fourth-order valence-electron chi connectivity index (χ4n) is 6.31. The largest absolute Gasteiger partial charge is 0.478 e. The van der Waals surface area contributed by atoms with Gasteiger partial charge in [-0.15, -0.1) is 0 Å². The molecule has 2 saturated carbocycles. The zero-order chi connectivity index (χ0) is 28.4. The first-order chi connectivity index (χ1) is 19.2. The van der Waals surface area contributed by atoms with Gasteiger partial charge in [0.05, 0.1) is 0 Å². The Hall–Kier alpha value is -4.40. The number of anilines is 1. The average Bonchev–Trinajstić information content (AvgIpc) is 3.68. The molecule has 5 N–H and O–H groups in total. The Morgan fingerprint density at radius 2 is 1.68 bits per heavy atom. The molecule has 0 saturated heterocycles. The van der Waals surface area contributed by atoms with E-state index in [1.54, 1.807) is 48.0 Å². The highest BCUT2D eigenvalue weighted by Crippen LogP contribution is 2.41. The molecule has 2 aliphatic carbocycles. The maximum atomic E-state index is 13.5. The zero-order valence-electron chi connectivity index (χ0n) is 22.5. The lowest BCUT2D eigenvalue weighted by molar-refractivity contribution is -0.131. The molecule has 5 rings (SSSR count). The first kappa shape index (κ1) is 27.2. The van der Waals surface area contributed by atoms with E-state index in [2.05, 4.69) is 10.6 Å². The number of primary amides is 1. The van der Waals surface area contributed by atoms with Crippen LogP contribution in [0.1, 0.15) is 89.3 Å². The van der Waals surface area contributed by atoms with Crippen molar-refractivity contribution in [1.29, 1.82) is 0 Å². The van der Waals surface area contributed by atoms with Gasteiger partial charge in [0, 0.05) is 35.3 Å². The van der Waals surface area contributed by atoms with Gasteiger partial charge in [-0.1, -0.05) is 43.9 Å². The predicted molar refractivity (Wildman–Crippen MR) is 153 cm³/mol. The molecule has 0 bridgehead atoms. The summed E-state index contributed by atoms with van der Waals surface area (Å²) in [6, 6.07) is 12.3. The topological polar surface area (TPSA) is 144 Å². The molecule has 0 spiro atoms. The lowest BCUT2D eigenvalue weighted by Crippen LogP contribution is -2.55. The number of hydrogen-bond acceptors (Lipinski definition) is 4. The number of fused-ring (bicyclic) bond motifs is 1. The van der Waals surface area contributed by atoms with Gasteiger partial charge in [-0.3, -0.25) is 14.4 Å². The third kappa shape index (κ3) is 5.23. The average molecular weight is 543 g/mol. The number of aliphatic carboxylic acids is 1. The van der Waals surface area contributed by atoms with Crippen molar-refractivity contribution in [2.24, 2.45) is 12.8 Å². The minimum Gasteiger partial charge on any atom is -0.478 e. The molecule has 3 amide bonds. The molecule has 0 atom stereocenters. The van der Waals surface area contributed by atoms with E-state index in [0.717, 1.165) is 61.1 Å². The van der Waals surface area contributed by atoms with E-state index in [1.807, 2.05) is 6.07 Å². The molecule has 208 valence electrons. The number of rotatable bonds is 8. The number of nitrogens with one attached hydrogen (secondary N) is 2. The summed E-state index contributed by atoms with van der Waals surface area (Å²) < 4.78 is 1.79. The van der Waals surface area contributed by atoms with E-state index in [9.17, 15) is 19.2 Å². The summed E-state index contributed by atoms with van der Waals surface area (Å²) in [5.74, 6) is -1.87. The van der Waals surface area contributed by atoms with Crippen LogP contribution in [-0.2, 0) is 16.6 Å². The van der Waals surface area contributed by atoms with E-state index in [4.69, 9.17) is 10.8 Å². The number of carboxylic acids is 1. The summed E-state index contributed by atoms with van der Waals surface area (Å²) in [6.07, 6.45) is 9.47. The van der Waals surface area contributed by atoms with Gasteiger partial charge >= 0.3 is 5.97 Å². The maximum Gasteiger partial charge on any atom is 0.328 e. The predicted octanol–water partition coefficient (Wildman–Crippen LogP) is 4.71. The minimum absolute atomic E-state index is 0.276. The third-order valence-electron chi connectivity index (χ3n) is 8.33. The van der Waals surface area contributed by atoms with Crippen LogP contribution in [-0.4, -0.2) is 38.9 Å². The Kier molecular flexibility index (Phi) is 7.47. The second-order valence-electron chi connectivity index (χ2n) is 10.9. The van der Waals surface area contributed by atoms with Gasteiger partial charge in [0.15, 0.2) is 0 Å². The standard InChI is InChI=1S/C31H34N4O5/c1-35-24-18-21(11-14-23(24)26(27(35)28(32)38)20-6-2-3-7-20)29(39)34-31(16-4-5-17-31)30(40)33-22-12-8-19(9-13-22)10-15-25(36)37/h8-15,18,20H,2-7,16-17H2,1H3,(H2,32,38)(H,33,40)(H,34,39)(H,36,37)/b15-10+. The van der Waals surface area contributed by atoms with Crippen molar-refractivity contribution < 1.29 is 24.3 Å². The zero-order valence-corrected chi connectivity index (χ0v) is 22.5. The van der Waals surface area contributed by atoms with Crippen molar-refractivity contribution in [2.45, 2.75) is 62.8 Å². The van der Waals surface area contributed by atoms with Crippen LogP contribution in [0.15, 0.2) is 48.5 Å². The number of benzene rings is 2. The molecule has 2 aliphatic rings. The van der Waals surface area contributed by atoms with Gasteiger partial charge in [0.2, 0.25) is 5.91 Å². The molecular formula is C31H34N4O5. The Labute approximate surface area is 232 Å². The van der Waals surface area contributed by atoms with Crippen molar-refractivity contribution in [1.82, 2.24) is 9.88 Å². The molecule has 9 nitrogen and oxygen atoms in total. The number of nitrogens with two attached hydrogens (primary N) is 1. The minimum atomic E-state index is -1.05. The smallest absolute Gasteiger partial charge is 0.328 e. The quantitative estimate of drug-likeness (QED) is 0.305. The van der Waals surface area contributed by atoms with E-state index in [1.165, 1.54) is 6.08 Å². The van der Waals surface area contributed by atoms with Gasteiger partial charge in [-0.05, 0) is 73.1 Å². The summed E-state index contributed by atoms with van der Waals surface area (Å²) in [4.78, 5) is 50.1. The number of aryl methyl sites for hydroxylation is 1. The summed E-state index contributed by atoms with van der Waals surface area (Å²) in [5.41, 5.74) is 8.65. The normalized spacial score (nSPS) is 16.9. The van der Waals surface area contributed by atoms with E-state index in [-0.39, 0.29) is 17.7 Å². The van der Waals surface area contributed by atoms with Gasteiger partial charge in [0.1, 0.15) is 11.2 Å². The van der Waals surface area contributed by atoms with E-state index < -0.39 is 17.4 Å². The maximum absolute atomic E-state index is 13.5. The fraction of sp³-hybridized carbons (Fsp3) is 0.355. The van der Waals surface area contributed by atoms with Crippen molar-refractivity contribution in [3.63, 3.8) is 0 Å². The lowest BCUT2D eigenvalue weighted by atomic mass is 9.93. The molecule has 2 fully saturated rings. The van der Waals surface area contributed by atoms with Crippen molar-refractivity contribution >= 4 is 46.4 Å². The van der Waals surface area contributed by atoms with Crippen LogP contribution in [0.4, 0.5) is 5.69 Å². The van der Waals surface area contributed by atoms with Crippen LogP contribution in [0.5, 0.6) is 0 Å². The van der Waals surface area contributed by atoms with Gasteiger partial charge in [-0.2, -0.15) is 0 Å². The first-order valence-electron chi connectivity index (χ1n) is 13.8. The Morgan fingerprint density at radius 1 is 1.00 bits per heavy atom. The molecular weight excluding hydrogens is 508 g/mol. The van der Waals surface area contributed by atoms with E-state index >= 15 is 0 Å². The van der Waals surface area contributed by atoms with Gasteiger partial charge in [-0.25, -0.2) is 4.79 Å². The first-order valence-corrected chi connectivity index (χ1v) is 13.8. The van der Waals surface area contributed by atoms with Crippen LogP contribution in [0.25, 0.3) is 17.0 Å². The number of aromatic nitrogens is 1. The van der Waals surface area contributed by atoms with Crippen LogP contribution in [0.3, 0.4) is 0 Å². The van der Waals surface area contributed by atoms with Crippen molar-refractivity contribution in [2.75, 3.05) is 5.32 Å². The Morgan fingerprint density at radius 3 is 2.30 bits per heavy atom. The van der Waals surface area contributed by atoms with E-state index in [0.29, 0.717) is 35.3 Å².